The van der Waals surface area contributed by atoms with Crippen molar-refractivity contribution in [1.29, 1.82) is 0 Å². The standard InChI is InChI=1S/C19H25N3O3/c1-14-4-6-15(7-5-14)17-21-16(12-24-17)8-9-20-18(23)22-10-11-25-19(2,3)13-22/h4-7,12H,8-11,13H2,1-3H3,(H,20,23). The number of benzene rings is 1. The van der Waals surface area contributed by atoms with Gasteiger partial charge in [-0.1, -0.05) is 17.7 Å². The van der Waals surface area contributed by atoms with Gasteiger partial charge in [-0.3, -0.25) is 0 Å². The maximum atomic E-state index is 12.3. The summed E-state index contributed by atoms with van der Waals surface area (Å²) in [6, 6.07) is 7.99. The SMILES string of the molecule is Cc1ccc(-c2nc(CCNC(=O)N3CCOC(C)(C)C3)co2)cc1. The second-order valence-corrected chi connectivity index (χ2v) is 7.02. The number of urea groups is 1. The van der Waals surface area contributed by atoms with Gasteiger partial charge in [-0.25, -0.2) is 9.78 Å². The Morgan fingerprint density at radius 1 is 1.32 bits per heavy atom. The van der Waals surface area contributed by atoms with Crippen LogP contribution in [0.5, 0.6) is 0 Å². The van der Waals surface area contributed by atoms with Gasteiger partial charge >= 0.3 is 6.03 Å². The molecule has 1 aromatic heterocycles. The third kappa shape index (κ3) is 4.60. The molecule has 0 spiro atoms. The number of carbonyl (C=O) groups is 1. The van der Waals surface area contributed by atoms with Gasteiger partial charge in [-0.2, -0.15) is 0 Å². The third-order valence-corrected chi connectivity index (χ3v) is 4.22. The van der Waals surface area contributed by atoms with E-state index >= 15 is 0 Å². The van der Waals surface area contributed by atoms with Gasteiger partial charge in [0.1, 0.15) is 6.26 Å². The van der Waals surface area contributed by atoms with Crippen LogP contribution >= 0.6 is 0 Å². The fourth-order valence-electron chi connectivity index (χ4n) is 2.85. The number of aryl methyl sites for hydroxylation is 1. The van der Waals surface area contributed by atoms with Gasteiger partial charge in [0.15, 0.2) is 0 Å². The van der Waals surface area contributed by atoms with Crippen LogP contribution in [0.2, 0.25) is 0 Å². The van der Waals surface area contributed by atoms with Crippen molar-refractivity contribution in [1.82, 2.24) is 15.2 Å². The summed E-state index contributed by atoms with van der Waals surface area (Å²) in [7, 11) is 0. The summed E-state index contributed by atoms with van der Waals surface area (Å²) in [5.74, 6) is 0.608. The van der Waals surface area contributed by atoms with E-state index in [2.05, 4.69) is 10.3 Å². The van der Waals surface area contributed by atoms with Crippen LogP contribution < -0.4 is 5.32 Å². The van der Waals surface area contributed by atoms with E-state index in [9.17, 15) is 4.79 Å². The highest BCUT2D eigenvalue weighted by molar-refractivity contribution is 5.74. The summed E-state index contributed by atoms with van der Waals surface area (Å²) < 4.78 is 11.2. The zero-order valence-corrected chi connectivity index (χ0v) is 15.0. The van der Waals surface area contributed by atoms with Crippen LogP contribution in [-0.4, -0.2) is 47.8 Å². The highest BCUT2D eigenvalue weighted by atomic mass is 16.5. The number of ether oxygens (including phenoxy) is 1. The molecule has 0 unspecified atom stereocenters. The lowest BCUT2D eigenvalue weighted by atomic mass is 10.1. The molecule has 6 nitrogen and oxygen atoms in total. The Balaban J connectivity index is 1.49. The van der Waals surface area contributed by atoms with E-state index < -0.39 is 0 Å². The van der Waals surface area contributed by atoms with Crippen LogP contribution in [0.15, 0.2) is 34.9 Å². The molecule has 1 saturated heterocycles. The van der Waals surface area contributed by atoms with Gasteiger partial charge in [0.25, 0.3) is 0 Å². The zero-order valence-electron chi connectivity index (χ0n) is 15.0. The first-order valence-electron chi connectivity index (χ1n) is 8.61. The number of morpholine rings is 1. The van der Waals surface area contributed by atoms with Crippen molar-refractivity contribution < 1.29 is 13.9 Å². The molecule has 2 aromatic rings. The lowest BCUT2D eigenvalue weighted by molar-refractivity contribution is -0.0733. The quantitative estimate of drug-likeness (QED) is 0.927. The second kappa shape index (κ2) is 7.27. The van der Waals surface area contributed by atoms with E-state index in [1.54, 1.807) is 11.2 Å². The molecule has 2 heterocycles. The molecule has 3 rings (SSSR count). The number of amides is 2. The number of hydrogen-bond donors (Lipinski definition) is 1. The minimum Gasteiger partial charge on any atom is -0.444 e. The maximum Gasteiger partial charge on any atom is 0.317 e. The normalized spacial score (nSPS) is 16.7. The van der Waals surface area contributed by atoms with Gasteiger partial charge in [0, 0.05) is 25.1 Å². The number of nitrogens with zero attached hydrogens (tertiary/aromatic N) is 2. The van der Waals surface area contributed by atoms with Gasteiger partial charge in [-0.05, 0) is 32.9 Å². The van der Waals surface area contributed by atoms with Crippen LogP contribution in [0, 0.1) is 6.92 Å². The highest BCUT2D eigenvalue weighted by Gasteiger charge is 2.29. The van der Waals surface area contributed by atoms with Crippen LogP contribution in [0.4, 0.5) is 4.79 Å². The van der Waals surface area contributed by atoms with E-state index in [4.69, 9.17) is 9.15 Å². The number of rotatable bonds is 4. The second-order valence-electron chi connectivity index (χ2n) is 7.02. The lowest BCUT2D eigenvalue weighted by Gasteiger charge is -2.38. The first-order chi connectivity index (χ1) is 11.9. The molecule has 0 aliphatic carbocycles. The lowest BCUT2D eigenvalue weighted by Crippen LogP contribution is -2.53. The molecule has 0 bridgehead atoms. The Bertz CT molecular complexity index is 722. The smallest absolute Gasteiger partial charge is 0.317 e. The van der Waals surface area contributed by atoms with Crippen molar-refractivity contribution in [3.8, 4) is 11.5 Å². The third-order valence-electron chi connectivity index (χ3n) is 4.22. The first-order valence-corrected chi connectivity index (χ1v) is 8.61. The minimum atomic E-state index is -0.287. The van der Waals surface area contributed by atoms with Gasteiger partial charge in [0.2, 0.25) is 5.89 Å². The summed E-state index contributed by atoms with van der Waals surface area (Å²) in [5, 5.41) is 2.94. The fourth-order valence-corrected chi connectivity index (χ4v) is 2.85. The molecule has 0 radical (unpaired) electrons. The molecule has 1 aliphatic rings. The molecule has 1 fully saturated rings. The molecule has 0 atom stereocenters. The summed E-state index contributed by atoms with van der Waals surface area (Å²) in [6.45, 7) is 8.35. The average molecular weight is 343 g/mol. The summed E-state index contributed by atoms with van der Waals surface area (Å²) >= 11 is 0. The molecular formula is C19H25N3O3. The van der Waals surface area contributed by atoms with Crippen molar-refractivity contribution in [2.75, 3.05) is 26.2 Å². The Labute approximate surface area is 148 Å². The van der Waals surface area contributed by atoms with Crippen molar-refractivity contribution >= 4 is 6.03 Å². The Morgan fingerprint density at radius 3 is 2.80 bits per heavy atom. The molecule has 25 heavy (non-hydrogen) atoms. The summed E-state index contributed by atoms with van der Waals surface area (Å²) in [4.78, 5) is 18.5. The van der Waals surface area contributed by atoms with Crippen molar-refractivity contribution in [3.05, 3.63) is 41.8 Å². The average Bonchev–Trinajstić information content (AvgIpc) is 3.03. The van der Waals surface area contributed by atoms with E-state index in [1.165, 1.54) is 5.56 Å². The van der Waals surface area contributed by atoms with Gasteiger partial charge in [-0.15, -0.1) is 0 Å². The summed E-state index contributed by atoms with van der Waals surface area (Å²) in [6.07, 6.45) is 2.29. The number of carbonyl (C=O) groups excluding carboxylic acids is 1. The minimum absolute atomic E-state index is 0.0568. The van der Waals surface area contributed by atoms with Crippen molar-refractivity contribution in [2.45, 2.75) is 32.8 Å². The number of hydrogen-bond acceptors (Lipinski definition) is 4. The molecule has 134 valence electrons. The molecule has 2 amide bonds. The van der Waals surface area contributed by atoms with E-state index in [0.29, 0.717) is 38.6 Å². The van der Waals surface area contributed by atoms with E-state index in [0.717, 1.165) is 11.3 Å². The molecule has 1 aromatic carbocycles. The van der Waals surface area contributed by atoms with Gasteiger partial charge in [0.05, 0.1) is 24.4 Å². The van der Waals surface area contributed by atoms with Crippen molar-refractivity contribution in [2.24, 2.45) is 0 Å². The molecule has 1 aliphatic heterocycles. The Morgan fingerprint density at radius 2 is 2.08 bits per heavy atom. The number of nitrogens with one attached hydrogen (secondary N) is 1. The Kier molecular flexibility index (Phi) is 5.08. The topological polar surface area (TPSA) is 67.6 Å². The number of oxazole rings is 1. The molecular weight excluding hydrogens is 318 g/mol. The zero-order chi connectivity index (χ0) is 17.9. The van der Waals surface area contributed by atoms with Crippen LogP contribution in [-0.2, 0) is 11.2 Å². The monoisotopic (exact) mass is 343 g/mol. The highest BCUT2D eigenvalue weighted by Crippen LogP contribution is 2.19. The fraction of sp³-hybridized carbons (Fsp3) is 0.474. The first kappa shape index (κ1) is 17.5. The number of aromatic nitrogens is 1. The van der Waals surface area contributed by atoms with E-state index in [1.807, 2.05) is 45.0 Å². The largest absolute Gasteiger partial charge is 0.444 e. The van der Waals surface area contributed by atoms with Crippen LogP contribution in [0.3, 0.4) is 0 Å². The molecule has 0 saturated carbocycles. The maximum absolute atomic E-state index is 12.3. The van der Waals surface area contributed by atoms with Crippen LogP contribution in [0.25, 0.3) is 11.5 Å². The predicted octanol–water partition coefficient (Wildman–Crippen LogP) is 3.01. The summed E-state index contributed by atoms with van der Waals surface area (Å²) in [5.41, 5.74) is 2.70. The molecule has 6 heteroatoms. The van der Waals surface area contributed by atoms with Gasteiger partial charge < -0.3 is 19.4 Å². The van der Waals surface area contributed by atoms with Crippen LogP contribution in [0.1, 0.15) is 25.1 Å². The molecule has 1 N–H and O–H groups in total. The predicted molar refractivity (Wildman–Crippen MR) is 95.4 cm³/mol. The van der Waals surface area contributed by atoms with Crippen molar-refractivity contribution in [3.63, 3.8) is 0 Å². The Hall–Kier alpha value is -2.34. The van der Waals surface area contributed by atoms with E-state index in [-0.39, 0.29) is 11.6 Å².